The first kappa shape index (κ1) is 9.21. The number of quaternary nitrogens is 1. The first-order chi connectivity index (χ1) is 4.06. The molecule has 1 N–H and O–H groups in total. The largest absolute Gasteiger partial charge is 0.396 e. The number of halogens is 1. The number of hydrogen-bond acceptors (Lipinski definition) is 1. The standard InChI is InChI=1S/C6H15ClNO/c1-8(2,7)5-3-4-6-9/h9H,3-6H2,1-2H3/q+1. The van der Waals surface area contributed by atoms with Crippen LogP contribution in [0.4, 0.5) is 0 Å². The van der Waals surface area contributed by atoms with Crippen molar-refractivity contribution in [2.24, 2.45) is 0 Å². The Kier molecular flexibility index (Phi) is 4.19. The van der Waals surface area contributed by atoms with E-state index < -0.39 is 0 Å². The van der Waals surface area contributed by atoms with Gasteiger partial charge >= 0.3 is 0 Å². The molecule has 2 nitrogen and oxygen atoms in total. The van der Waals surface area contributed by atoms with Crippen LogP contribution in [0, 0.1) is 0 Å². The number of aliphatic hydroxyl groups is 1. The van der Waals surface area contributed by atoms with Crippen LogP contribution < -0.4 is 0 Å². The smallest absolute Gasteiger partial charge is 0.164 e. The number of nitrogens with zero attached hydrogens (tertiary/aromatic N) is 1. The fourth-order valence-corrected chi connectivity index (χ4v) is 0.719. The van der Waals surface area contributed by atoms with Crippen molar-refractivity contribution in [2.45, 2.75) is 12.8 Å². The molecule has 0 atom stereocenters. The van der Waals surface area contributed by atoms with Gasteiger partial charge in [-0.05, 0) is 6.42 Å². The number of rotatable bonds is 4. The molecule has 0 heterocycles. The van der Waals surface area contributed by atoms with Crippen LogP contribution in [0.3, 0.4) is 0 Å². The molecule has 0 radical (unpaired) electrons. The van der Waals surface area contributed by atoms with E-state index in [1.807, 2.05) is 14.1 Å². The van der Waals surface area contributed by atoms with Crippen LogP contribution in [0.2, 0.25) is 0 Å². The molecular formula is C6H15ClNO+. The predicted octanol–water partition coefficient (Wildman–Crippen LogP) is 0.989. The maximum absolute atomic E-state index is 8.41. The maximum Gasteiger partial charge on any atom is 0.164 e. The highest BCUT2D eigenvalue weighted by Crippen LogP contribution is 2.04. The van der Waals surface area contributed by atoms with E-state index in [9.17, 15) is 0 Å². The van der Waals surface area contributed by atoms with E-state index in [-0.39, 0.29) is 6.61 Å². The Morgan fingerprint density at radius 3 is 2.22 bits per heavy atom. The molecular weight excluding hydrogens is 138 g/mol. The Hall–Kier alpha value is 0.210. The average Bonchev–Trinajstić information content (AvgIpc) is 1.63. The molecule has 3 heteroatoms. The summed E-state index contributed by atoms with van der Waals surface area (Å²) in [7, 11) is 3.86. The second kappa shape index (κ2) is 4.09. The fourth-order valence-electron chi connectivity index (χ4n) is 0.600. The van der Waals surface area contributed by atoms with Gasteiger partial charge < -0.3 is 5.11 Å². The lowest BCUT2D eigenvalue weighted by molar-refractivity contribution is -0.771. The van der Waals surface area contributed by atoms with E-state index in [0.717, 1.165) is 19.4 Å². The molecule has 0 saturated carbocycles. The van der Waals surface area contributed by atoms with Crippen LogP contribution in [0.25, 0.3) is 0 Å². The van der Waals surface area contributed by atoms with Crippen molar-refractivity contribution < 1.29 is 9.11 Å². The van der Waals surface area contributed by atoms with Gasteiger partial charge in [-0.1, -0.05) is 0 Å². The summed E-state index contributed by atoms with van der Waals surface area (Å²) in [6.45, 7) is 1.19. The number of unbranched alkanes of at least 4 members (excludes halogenated alkanes) is 1. The van der Waals surface area contributed by atoms with Crippen LogP contribution in [0.5, 0.6) is 0 Å². The summed E-state index contributed by atoms with van der Waals surface area (Å²) in [5, 5.41) is 8.41. The molecule has 0 rings (SSSR count). The van der Waals surface area contributed by atoms with Crippen molar-refractivity contribution in [1.82, 2.24) is 0 Å². The quantitative estimate of drug-likeness (QED) is 0.471. The molecule has 0 aliphatic rings. The molecule has 0 aromatic rings. The zero-order valence-electron chi connectivity index (χ0n) is 6.10. The van der Waals surface area contributed by atoms with E-state index >= 15 is 0 Å². The Morgan fingerprint density at radius 1 is 1.33 bits per heavy atom. The molecule has 9 heavy (non-hydrogen) atoms. The van der Waals surface area contributed by atoms with Gasteiger partial charge in [0.2, 0.25) is 0 Å². The third kappa shape index (κ3) is 8.21. The minimum atomic E-state index is 0.275. The third-order valence-corrected chi connectivity index (χ3v) is 1.27. The van der Waals surface area contributed by atoms with Crippen LogP contribution in [0.1, 0.15) is 12.8 Å². The monoisotopic (exact) mass is 152 g/mol. The van der Waals surface area contributed by atoms with E-state index in [2.05, 4.69) is 0 Å². The van der Waals surface area contributed by atoms with E-state index in [1.54, 1.807) is 0 Å². The minimum Gasteiger partial charge on any atom is -0.396 e. The Bertz CT molecular complexity index is 69.9. The van der Waals surface area contributed by atoms with Crippen LogP contribution in [-0.4, -0.2) is 36.4 Å². The predicted molar refractivity (Wildman–Crippen MR) is 39.1 cm³/mol. The van der Waals surface area contributed by atoms with Crippen molar-refractivity contribution in [3.63, 3.8) is 0 Å². The lowest BCUT2D eigenvalue weighted by Crippen LogP contribution is -2.28. The summed E-state index contributed by atoms with van der Waals surface area (Å²) in [6.07, 6.45) is 1.85. The van der Waals surface area contributed by atoms with Gasteiger partial charge in [0.15, 0.2) is 11.8 Å². The molecule has 0 fully saturated rings. The van der Waals surface area contributed by atoms with Gasteiger partial charge in [-0.25, -0.2) is 4.00 Å². The topological polar surface area (TPSA) is 20.2 Å². The Balaban J connectivity index is 3.07. The van der Waals surface area contributed by atoms with E-state index in [1.165, 1.54) is 0 Å². The second-order valence-corrected chi connectivity index (χ2v) is 3.61. The molecule has 0 aromatic heterocycles. The molecule has 0 aromatic carbocycles. The highest BCUT2D eigenvalue weighted by atomic mass is 35.5. The molecule has 0 unspecified atom stereocenters. The van der Waals surface area contributed by atoms with Crippen LogP contribution in [-0.2, 0) is 0 Å². The zero-order chi connectivity index (χ0) is 7.33. The summed E-state index contributed by atoms with van der Waals surface area (Å²) in [5.41, 5.74) is 0. The summed E-state index contributed by atoms with van der Waals surface area (Å²) in [5.74, 6) is 0. The van der Waals surface area contributed by atoms with Crippen molar-refractivity contribution in [3.05, 3.63) is 0 Å². The second-order valence-electron chi connectivity index (χ2n) is 2.69. The Morgan fingerprint density at radius 2 is 1.89 bits per heavy atom. The van der Waals surface area contributed by atoms with Crippen molar-refractivity contribution in [2.75, 3.05) is 27.2 Å². The highest BCUT2D eigenvalue weighted by Gasteiger charge is 2.08. The fraction of sp³-hybridized carbons (Fsp3) is 1.00. The van der Waals surface area contributed by atoms with Crippen LogP contribution in [0.15, 0.2) is 0 Å². The van der Waals surface area contributed by atoms with Gasteiger partial charge in [-0.2, -0.15) is 0 Å². The van der Waals surface area contributed by atoms with E-state index in [0.29, 0.717) is 4.00 Å². The van der Waals surface area contributed by atoms with Crippen molar-refractivity contribution >= 4 is 11.8 Å². The minimum absolute atomic E-state index is 0.275. The SMILES string of the molecule is C[N+](C)(Cl)CCCCO. The van der Waals surface area contributed by atoms with Crippen molar-refractivity contribution in [3.8, 4) is 0 Å². The molecule has 0 aliphatic carbocycles. The molecule has 0 spiro atoms. The molecule has 56 valence electrons. The van der Waals surface area contributed by atoms with Gasteiger partial charge in [0, 0.05) is 13.0 Å². The third-order valence-electron chi connectivity index (χ3n) is 1.10. The van der Waals surface area contributed by atoms with E-state index in [4.69, 9.17) is 16.9 Å². The van der Waals surface area contributed by atoms with Gasteiger partial charge in [0.25, 0.3) is 0 Å². The highest BCUT2D eigenvalue weighted by molar-refractivity contribution is 6.06. The average molecular weight is 153 g/mol. The van der Waals surface area contributed by atoms with Gasteiger partial charge in [0.05, 0.1) is 20.6 Å². The normalized spacial score (nSPS) is 12.0. The first-order valence-corrected chi connectivity index (χ1v) is 3.53. The van der Waals surface area contributed by atoms with Gasteiger partial charge in [-0.3, -0.25) is 0 Å². The van der Waals surface area contributed by atoms with Crippen molar-refractivity contribution in [1.29, 1.82) is 0 Å². The zero-order valence-corrected chi connectivity index (χ0v) is 6.86. The summed E-state index contributed by atoms with van der Waals surface area (Å²) in [4.78, 5) is 0. The van der Waals surface area contributed by atoms with Crippen LogP contribution >= 0.6 is 11.8 Å². The maximum atomic E-state index is 8.41. The molecule has 0 amide bonds. The van der Waals surface area contributed by atoms with Gasteiger partial charge in [-0.15, -0.1) is 0 Å². The molecule has 0 saturated heterocycles. The van der Waals surface area contributed by atoms with Gasteiger partial charge in [0.1, 0.15) is 0 Å². The summed E-state index contributed by atoms with van der Waals surface area (Å²) < 4.78 is 0.472. The lowest BCUT2D eigenvalue weighted by Gasteiger charge is -2.17. The molecule has 0 aliphatic heterocycles. The molecule has 0 bridgehead atoms. The summed E-state index contributed by atoms with van der Waals surface area (Å²) >= 11 is 5.82. The Labute approximate surface area is 61.7 Å². The number of aliphatic hydroxyl groups excluding tert-OH is 1. The number of hydrogen-bond donors (Lipinski definition) is 1. The first-order valence-electron chi connectivity index (χ1n) is 3.20. The summed E-state index contributed by atoms with van der Waals surface area (Å²) in [6, 6.07) is 0. The lowest BCUT2D eigenvalue weighted by atomic mass is 10.3.